The van der Waals surface area contributed by atoms with Crippen molar-refractivity contribution in [3.8, 4) is 0 Å². The van der Waals surface area contributed by atoms with E-state index in [0.717, 1.165) is 22.4 Å². The van der Waals surface area contributed by atoms with Crippen LogP contribution in [0.5, 0.6) is 0 Å². The van der Waals surface area contributed by atoms with E-state index in [9.17, 15) is 9.59 Å². The molecular formula is C21H26N2O3. The van der Waals surface area contributed by atoms with Crippen LogP contribution < -0.4 is 4.90 Å². The molecule has 1 amide bonds. The largest absolute Gasteiger partial charge is 0.452 e. The number of likely N-dealkylation sites (N-methyl/N-ethyl adjacent to an activating group) is 1. The number of ether oxygens (including phenoxy) is 1. The molecule has 138 valence electrons. The van der Waals surface area contributed by atoms with E-state index in [4.69, 9.17) is 4.74 Å². The first kappa shape index (κ1) is 19.5. The number of anilines is 1. The maximum absolute atomic E-state index is 12.3. The van der Waals surface area contributed by atoms with Crippen molar-refractivity contribution >= 4 is 17.6 Å². The van der Waals surface area contributed by atoms with E-state index in [-0.39, 0.29) is 12.5 Å². The predicted molar refractivity (Wildman–Crippen MR) is 103 cm³/mol. The SMILES string of the molecule is Cc1cccc(C(=O)OCC(=O)N(C)Cc2ccc(N(C)C)cc2)c1C. The highest BCUT2D eigenvalue weighted by Crippen LogP contribution is 2.15. The molecule has 0 spiro atoms. The third-order valence-electron chi connectivity index (χ3n) is 4.45. The average Bonchev–Trinajstić information content (AvgIpc) is 2.62. The first-order chi connectivity index (χ1) is 12.3. The van der Waals surface area contributed by atoms with Crippen LogP contribution in [0.25, 0.3) is 0 Å². The van der Waals surface area contributed by atoms with E-state index in [2.05, 4.69) is 0 Å². The fourth-order valence-corrected chi connectivity index (χ4v) is 2.55. The highest BCUT2D eigenvalue weighted by Gasteiger charge is 2.16. The Morgan fingerprint density at radius 3 is 2.23 bits per heavy atom. The lowest BCUT2D eigenvalue weighted by Gasteiger charge is -2.18. The van der Waals surface area contributed by atoms with Crippen LogP contribution in [0.2, 0.25) is 0 Å². The Hall–Kier alpha value is -2.82. The number of rotatable bonds is 6. The Balaban J connectivity index is 1.90. The third-order valence-corrected chi connectivity index (χ3v) is 4.45. The van der Waals surface area contributed by atoms with Crippen LogP contribution in [0.15, 0.2) is 42.5 Å². The molecule has 2 aromatic rings. The Labute approximate surface area is 155 Å². The van der Waals surface area contributed by atoms with Gasteiger partial charge in [-0.15, -0.1) is 0 Å². The standard InChI is InChI=1S/C21H26N2O3/c1-15-7-6-8-19(16(15)2)21(25)26-14-20(24)23(5)13-17-9-11-18(12-10-17)22(3)4/h6-12H,13-14H2,1-5H3. The molecule has 0 radical (unpaired) electrons. The summed E-state index contributed by atoms with van der Waals surface area (Å²) in [5.41, 5.74) is 4.51. The molecule has 0 aromatic heterocycles. The van der Waals surface area contributed by atoms with Crippen LogP contribution in [-0.2, 0) is 16.1 Å². The lowest BCUT2D eigenvalue weighted by molar-refractivity contribution is -0.133. The van der Waals surface area contributed by atoms with Crippen molar-refractivity contribution in [3.63, 3.8) is 0 Å². The fourth-order valence-electron chi connectivity index (χ4n) is 2.55. The number of benzene rings is 2. The molecule has 0 heterocycles. The zero-order valence-corrected chi connectivity index (χ0v) is 16.1. The number of esters is 1. The molecule has 0 aliphatic carbocycles. The zero-order valence-electron chi connectivity index (χ0n) is 16.1. The van der Waals surface area contributed by atoms with Gasteiger partial charge in [0.2, 0.25) is 0 Å². The topological polar surface area (TPSA) is 49.9 Å². The first-order valence-corrected chi connectivity index (χ1v) is 8.53. The summed E-state index contributed by atoms with van der Waals surface area (Å²) in [7, 11) is 5.66. The van der Waals surface area contributed by atoms with Gasteiger partial charge in [-0.2, -0.15) is 0 Å². The minimum Gasteiger partial charge on any atom is -0.452 e. The van der Waals surface area contributed by atoms with Gasteiger partial charge in [-0.25, -0.2) is 4.79 Å². The van der Waals surface area contributed by atoms with Crippen LogP contribution in [0.4, 0.5) is 5.69 Å². The van der Waals surface area contributed by atoms with E-state index in [0.29, 0.717) is 12.1 Å². The molecule has 0 aliphatic rings. The Bertz CT molecular complexity index is 782. The predicted octanol–water partition coefficient (Wildman–Crippen LogP) is 3.18. The minimum atomic E-state index is -0.469. The van der Waals surface area contributed by atoms with Gasteiger partial charge in [0.25, 0.3) is 5.91 Å². The molecule has 0 saturated carbocycles. The highest BCUT2D eigenvalue weighted by molar-refractivity contribution is 5.93. The fraction of sp³-hybridized carbons (Fsp3) is 0.333. The van der Waals surface area contributed by atoms with Crippen molar-refractivity contribution in [1.29, 1.82) is 0 Å². The number of carbonyl (C=O) groups excluding carboxylic acids is 2. The lowest BCUT2D eigenvalue weighted by Crippen LogP contribution is -2.31. The van der Waals surface area contributed by atoms with E-state index >= 15 is 0 Å². The second-order valence-electron chi connectivity index (χ2n) is 6.63. The molecular weight excluding hydrogens is 328 g/mol. The van der Waals surface area contributed by atoms with Crippen molar-refractivity contribution in [2.75, 3.05) is 32.6 Å². The summed E-state index contributed by atoms with van der Waals surface area (Å²) in [4.78, 5) is 28.0. The van der Waals surface area contributed by atoms with Crippen LogP contribution in [0.1, 0.15) is 27.0 Å². The van der Waals surface area contributed by atoms with Gasteiger partial charge in [-0.1, -0.05) is 24.3 Å². The molecule has 2 rings (SSSR count). The Kier molecular flexibility index (Phi) is 6.39. The van der Waals surface area contributed by atoms with Crippen molar-refractivity contribution in [3.05, 3.63) is 64.7 Å². The number of hydrogen-bond acceptors (Lipinski definition) is 4. The number of aryl methyl sites for hydroxylation is 1. The Morgan fingerprint density at radius 2 is 1.62 bits per heavy atom. The molecule has 0 N–H and O–H groups in total. The lowest BCUT2D eigenvalue weighted by atomic mass is 10.0. The quantitative estimate of drug-likeness (QED) is 0.748. The van der Waals surface area contributed by atoms with Crippen molar-refractivity contribution in [2.45, 2.75) is 20.4 Å². The molecule has 0 unspecified atom stereocenters. The van der Waals surface area contributed by atoms with Gasteiger partial charge in [-0.3, -0.25) is 4.79 Å². The third kappa shape index (κ3) is 4.85. The van der Waals surface area contributed by atoms with Gasteiger partial charge in [0.1, 0.15) is 0 Å². The summed E-state index contributed by atoms with van der Waals surface area (Å²) in [5, 5.41) is 0. The molecule has 26 heavy (non-hydrogen) atoms. The summed E-state index contributed by atoms with van der Waals surface area (Å²) in [6.45, 7) is 4.01. The van der Waals surface area contributed by atoms with Gasteiger partial charge in [0.15, 0.2) is 6.61 Å². The van der Waals surface area contributed by atoms with Crippen LogP contribution >= 0.6 is 0 Å². The molecule has 2 aromatic carbocycles. The monoisotopic (exact) mass is 354 g/mol. The van der Waals surface area contributed by atoms with E-state index in [1.165, 1.54) is 0 Å². The molecule has 0 bridgehead atoms. The minimum absolute atomic E-state index is 0.236. The summed E-state index contributed by atoms with van der Waals surface area (Å²) in [6.07, 6.45) is 0. The summed E-state index contributed by atoms with van der Waals surface area (Å²) < 4.78 is 5.20. The normalized spacial score (nSPS) is 10.3. The molecule has 0 atom stereocenters. The average molecular weight is 354 g/mol. The maximum Gasteiger partial charge on any atom is 0.338 e. The van der Waals surface area contributed by atoms with E-state index in [1.807, 2.05) is 69.2 Å². The van der Waals surface area contributed by atoms with Crippen LogP contribution in [0.3, 0.4) is 0 Å². The van der Waals surface area contributed by atoms with E-state index < -0.39 is 5.97 Å². The number of hydrogen-bond donors (Lipinski definition) is 0. The van der Waals surface area contributed by atoms with Crippen molar-refractivity contribution in [1.82, 2.24) is 4.90 Å². The highest BCUT2D eigenvalue weighted by atomic mass is 16.5. The van der Waals surface area contributed by atoms with Crippen LogP contribution in [0, 0.1) is 13.8 Å². The van der Waals surface area contributed by atoms with Gasteiger partial charge >= 0.3 is 5.97 Å². The summed E-state index contributed by atoms with van der Waals surface area (Å²) >= 11 is 0. The van der Waals surface area contributed by atoms with Gasteiger partial charge in [-0.05, 0) is 48.7 Å². The number of carbonyl (C=O) groups is 2. The second-order valence-corrected chi connectivity index (χ2v) is 6.63. The van der Waals surface area contributed by atoms with Crippen LogP contribution in [-0.4, -0.2) is 44.5 Å². The molecule has 0 aliphatic heterocycles. The van der Waals surface area contributed by atoms with Crippen molar-refractivity contribution < 1.29 is 14.3 Å². The van der Waals surface area contributed by atoms with Gasteiger partial charge in [0, 0.05) is 33.4 Å². The van der Waals surface area contributed by atoms with Gasteiger partial charge in [0.05, 0.1) is 5.56 Å². The molecule has 5 heteroatoms. The smallest absolute Gasteiger partial charge is 0.338 e. The number of nitrogens with zero attached hydrogens (tertiary/aromatic N) is 2. The first-order valence-electron chi connectivity index (χ1n) is 8.53. The Morgan fingerprint density at radius 1 is 0.962 bits per heavy atom. The maximum atomic E-state index is 12.3. The summed E-state index contributed by atoms with van der Waals surface area (Å²) in [6, 6.07) is 13.5. The van der Waals surface area contributed by atoms with Gasteiger partial charge < -0.3 is 14.5 Å². The molecule has 5 nitrogen and oxygen atoms in total. The second kappa shape index (κ2) is 8.52. The number of amides is 1. The van der Waals surface area contributed by atoms with Crippen molar-refractivity contribution in [2.24, 2.45) is 0 Å². The molecule has 0 fully saturated rings. The zero-order chi connectivity index (χ0) is 19.3. The summed E-state index contributed by atoms with van der Waals surface area (Å²) in [5.74, 6) is -0.705. The van der Waals surface area contributed by atoms with E-state index in [1.54, 1.807) is 18.0 Å². The molecule has 0 saturated heterocycles.